The number of aromatic nitrogens is 4. The van der Waals surface area contributed by atoms with Gasteiger partial charge in [0.1, 0.15) is 16.9 Å². The topological polar surface area (TPSA) is 98.5 Å². The average Bonchev–Trinajstić information content (AvgIpc) is 2.96. The van der Waals surface area contributed by atoms with E-state index in [0.29, 0.717) is 16.2 Å². The molecule has 3 rings (SSSR count). The van der Waals surface area contributed by atoms with Crippen LogP contribution in [0.15, 0.2) is 40.8 Å². The fraction of sp³-hybridized carbons (Fsp3) is 0.143. The van der Waals surface area contributed by atoms with Crippen molar-refractivity contribution in [1.29, 1.82) is 5.26 Å². The fourth-order valence-corrected chi connectivity index (χ4v) is 3.06. The van der Waals surface area contributed by atoms with E-state index < -0.39 is 6.10 Å². The van der Waals surface area contributed by atoms with Crippen LogP contribution < -0.4 is 0 Å². The summed E-state index contributed by atoms with van der Waals surface area (Å²) < 4.78 is 0. The number of hydrogen-bond acceptors (Lipinski definition) is 6. The molecule has 0 aliphatic carbocycles. The van der Waals surface area contributed by atoms with Gasteiger partial charge in [0.25, 0.3) is 0 Å². The van der Waals surface area contributed by atoms with Gasteiger partial charge < -0.3 is 10.1 Å². The van der Waals surface area contributed by atoms with E-state index in [0.717, 1.165) is 16.0 Å². The van der Waals surface area contributed by atoms with E-state index in [2.05, 4.69) is 26.0 Å². The average molecular weight is 297 g/mol. The zero-order valence-electron chi connectivity index (χ0n) is 11.1. The largest absolute Gasteiger partial charge is 0.389 e. The molecule has 0 saturated heterocycles. The molecule has 0 aliphatic heterocycles. The Hall–Kier alpha value is -2.43. The van der Waals surface area contributed by atoms with Crippen molar-refractivity contribution in [2.45, 2.75) is 22.9 Å². The van der Waals surface area contributed by atoms with E-state index in [-0.39, 0.29) is 0 Å². The molecule has 0 unspecified atom stereocenters. The number of aliphatic hydroxyl groups excluding tert-OH is 1. The zero-order chi connectivity index (χ0) is 14.8. The predicted octanol–water partition coefficient (Wildman–Crippen LogP) is 2.43. The second-order valence-corrected chi connectivity index (χ2v) is 5.45. The molecule has 0 spiro atoms. The minimum atomic E-state index is -0.626. The van der Waals surface area contributed by atoms with Gasteiger partial charge in [-0.1, -0.05) is 17.8 Å². The van der Waals surface area contributed by atoms with Gasteiger partial charge in [0.2, 0.25) is 0 Å². The molecule has 0 radical (unpaired) electrons. The summed E-state index contributed by atoms with van der Waals surface area (Å²) in [5.74, 6) is 0. The van der Waals surface area contributed by atoms with Crippen LogP contribution in [0.25, 0.3) is 11.2 Å². The summed E-state index contributed by atoms with van der Waals surface area (Å²) in [4.78, 5) is 16.2. The van der Waals surface area contributed by atoms with E-state index in [1.54, 1.807) is 31.5 Å². The van der Waals surface area contributed by atoms with Crippen molar-refractivity contribution in [3.8, 4) is 6.07 Å². The summed E-state index contributed by atoms with van der Waals surface area (Å²) in [6.45, 7) is 1.69. The van der Waals surface area contributed by atoms with Crippen LogP contribution >= 0.6 is 11.8 Å². The summed E-state index contributed by atoms with van der Waals surface area (Å²) in [5.41, 5.74) is 2.62. The molecule has 6 nitrogen and oxygen atoms in total. The number of rotatable bonds is 3. The SMILES string of the molecule is C[C@H](O)c1ccc(C#N)cc1Sc1ncnc2nc[nH]c12. The number of hydrogen-bond donors (Lipinski definition) is 2. The Kier molecular flexibility index (Phi) is 3.56. The smallest absolute Gasteiger partial charge is 0.181 e. The van der Waals surface area contributed by atoms with Gasteiger partial charge in [0.15, 0.2) is 5.65 Å². The van der Waals surface area contributed by atoms with E-state index in [1.165, 1.54) is 18.1 Å². The lowest BCUT2D eigenvalue weighted by molar-refractivity contribution is 0.196. The number of aromatic amines is 1. The maximum absolute atomic E-state index is 9.87. The maximum Gasteiger partial charge on any atom is 0.181 e. The molecular weight excluding hydrogens is 286 g/mol. The van der Waals surface area contributed by atoms with E-state index in [4.69, 9.17) is 5.26 Å². The van der Waals surface area contributed by atoms with Crippen LogP contribution in [0.1, 0.15) is 24.2 Å². The van der Waals surface area contributed by atoms with Gasteiger partial charge in [-0.2, -0.15) is 5.26 Å². The minimum Gasteiger partial charge on any atom is -0.389 e. The molecule has 2 heterocycles. The van der Waals surface area contributed by atoms with Crippen LogP contribution in [0.2, 0.25) is 0 Å². The van der Waals surface area contributed by atoms with Gasteiger partial charge in [-0.15, -0.1) is 0 Å². The summed E-state index contributed by atoms with van der Waals surface area (Å²) >= 11 is 1.37. The molecule has 3 aromatic rings. The van der Waals surface area contributed by atoms with Crippen molar-refractivity contribution in [3.05, 3.63) is 42.0 Å². The number of fused-ring (bicyclic) bond motifs is 1. The van der Waals surface area contributed by atoms with Gasteiger partial charge in [-0.3, -0.25) is 0 Å². The molecule has 0 aliphatic rings. The van der Waals surface area contributed by atoms with Crippen molar-refractivity contribution in [1.82, 2.24) is 19.9 Å². The van der Waals surface area contributed by atoms with Gasteiger partial charge in [-0.25, -0.2) is 15.0 Å². The van der Waals surface area contributed by atoms with Crippen LogP contribution in [-0.4, -0.2) is 25.0 Å². The van der Waals surface area contributed by atoms with Crippen LogP contribution in [0.4, 0.5) is 0 Å². The van der Waals surface area contributed by atoms with E-state index in [9.17, 15) is 5.11 Å². The van der Waals surface area contributed by atoms with Gasteiger partial charge in [0, 0.05) is 4.90 Å². The Morgan fingerprint density at radius 1 is 1.33 bits per heavy atom. The summed E-state index contributed by atoms with van der Waals surface area (Å²) in [5, 5.41) is 19.6. The molecule has 2 N–H and O–H groups in total. The Balaban J connectivity index is 2.08. The third kappa shape index (κ3) is 2.59. The highest BCUT2D eigenvalue weighted by atomic mass is 32.2. The molecule has 21 heavy (non-hydrogen) atoms. The van der Waals surface area contributed by atoms with Gasteiger partial charge >= 0.3 is 0 Å². The van der Waals surface area contributed by atoms with Crippen LogP contribution in [0.5, 0.6) is 0 Å². The summed E-state index contributed by atoms with van der Waals surface area (Å²) in [6.07, 6.45) is 2.38. The van der Waals surface area contributed by atoms with Crippen LogP contribution in [0, 0.1) is 11.3 Å². The molecule has 7 heteroatoms. The Morgan fingerprint density at radius 2 is 2.19 bits per heavy atom. The first kappa shape index (κ1) is 13.5. The van der Waals surface area contributed by atoms with Crippen LogP contribution in [-0.2, 0) is 0 Å². The van der Waals surface area contributed by atoms with Crippen molar-refractivity contribution in [2.24, 2.45) is 0 Å². The number of nitrogens with zero attached hydrogens (tertiary/aromatic N) is 4. The molecule has 2 aromatic heterocycles. The maximum atomic E-state index is 9.87. The molecule has 0 saturated carbocycles. The third-order valence-electron chi connectivity index (χ3n) is 2.99. The predicted molar refractivity (Wildman–Crippen MR) is 77.6 cm³/mol. The minimum absolute atomic E-state index is 0.539. The van der Waals surface area contributed by atoms with Crippen molar-refractivity contribution in [2.75, 3.05) is 0 Å². The number of aliphatic hydroxyl groups is 1. The summed E-state index contributed by atoms with van der Waals surface area (Å²) in [7, 11) is 0. The second-order valence-electron chi connectivity index (χ2n) is 4.42. The monoisotopic (exact) mass is 297 g/mol. The first-order valence-electron chi connectivity index (χ1n) is 6.23. The molecule has 1 atom stereocenters. The molecular formula is C14H11N5OS. The number of H-pyrrole nitrogens is 1. The first-order chi connectivity index (χ1) is 10.2. The third-order valence-corrected chi connectivity index (χ3v) is 4.06. The first-order valence-corrected chi connectivity index (χ1v) is 7.04. The highest BCUT2D eigenvalue weighted by molar-refractivity contribution is 7.99. The quantitative estimate of drug-likeness (QED) is 0.720. The lowest BCUT2D eigenvalue weighted by Gasteiger charge is -2.11. The number of benzene rings is 1. The van der Waals surface area contributed by atoms with Gasteiger partial charge in [0.05, 0.1) is 24.1 Å². The Labute approximate surface area is 124 Å². The van der Waals surface area contributed by atoms with E-state index in [1.807, 2.05) is 0 Å². The molecule has 104 valence electrons. The summed E-state index contributed by atoms with van der Waals surface area (Å²) in [6, 6.07) is 7.30. The van der Waals surface area contributed by atoms with Crippen molar-refractivity contribution in [3.63, 3.8) is 0 Å². The lowest BCUT2D eigenvalue weighted by atomic mass is 10.1. The highest BCUT2D eigenvalue weighted by Gasteiger charge is 2.14. The highest BCUT2D eigenvalue weighted by Crippen LogP contribution is 2.35. The standard InChI is InChI=1S/C14H11N5OS/c1-8(20)10-3-2-9(5-15)4-11(10)21-14-12-13(17-6-16-12)18-7-19-14/h2-4,6-8,20H,1H3,(H,16,17,18,19)/t8-/m0/s1. The molecule has 1 aromatic carbocycles. The number of imidazole rings is 1. The Bertz CT molecular complexity index is 837. The Morgan fingerprint density at radius 3 is 2.95 bits per heavy atom. The molecule has 0 bridgehead atoms. The second kappa shape index (κ2) is 5.52. The normalized spacial score (nSPS) is 12.2. The number of nitriles is 1. The lowest BCUT2D eigenvalue weighted by Crippen LogP contribution is -1.95. The van der Waals surface area contributed by atoms with Crippen molar-refractivity contribution >= 4 is 22.9 Å². The molecule has 0 amide bonds. The van der Waals surface area contributed by atoms with Crippen LogP contribution in [0.3, 0.4) is 0 Å². The van der Waals surface area contributed by atoms with E-state index >= 15 is 0 Å². The van der Waals surface area contributed by atoms with Crippen molar-refractivity contribution < 1.29 is 5.11 Å². The fourth-order valence-electron chi connectivity index (χ4n) is 1.96. The van der Waals surface area contributed by atoms with Gasteiger partial charge in [-0.05, 0) is 24.6 Å². The zero-order valence-corrected chi connectivity index (χ0v) is 11.9. The number of nitrogens with one attached hydrogen (secondary N) is 1. The molecule has 0 fully saturated rings.